The van der Waals surface area contributed by atoms with Gasteiger partial charge >= 0.3 is 5.97 Å². The molecule has 2 aromatic rings. The molecule has 13 heteroatoms. The molecule has 11 nitrogen and oxygen atoms in total. The molecule has 40 heavy (non-hydrogen) atoms. The van der Waals surface area contributed by atoms with Crippen LogP contribution in [-0.2, 0) is 35.9 Å². The van der Waals surface area contributed by atoms with Crippen LogP contribution in [0.2, 0.25) is 0 Å². The summed E-state index contributed by atoms with van der Waals surface area (Å²) in [7, 11) is -4.53. The van der Waals surface area contributed by atoms with E-state index in [9.17, 15) is 31.5 Å². The third-order valence-electron chi connectivity index (χ3n) is 6.92. The minimum atomic E-state index is -4.40. The van der Waals surface area contributed by atoms with E-state index in [-0.39, 0.29) is 11.3 Å². The van der Waals surface area contributed by atoms with Gasteiger partial charge in [0.05, 0.1) is 16.2 Å². The zero-order valence-electron chi connectivity index (χ0n) is 23.3. The van der Waals surface area contributed by atoms with Crippen molar-refractivity contribution in [1.29, 1.82) is 0 Å². The average molecular weight is 596 g/mol. The zero-order chi connectivity index (χ0) is 29.9. The van der Waals surface area contributed by atoms with Crippen molar-refractivity contribution in [3.8, 4) is 5.75 Å². The lowest BCUT2D eigenvalue weighted by Gasteiger charge is -2.30. The van der Waals surface area contributed by atoms with Gasteiger partial charge < -0.3 is 20.1 Å². The van der Waals surface area contributed by atoms with Crippen LogP contribution in [0.3, 0.4) is 0 Å². The molecule has 0 aliphatic carbocycles. The molecule has 0 saturated carbocycles. The smallest absolute Gasteiger partial charge is 0.326 e. The zero-order valence-corrected chi connectivity index (χ0v) is 25.0. The van der Waals surface area contributed by atoms with Crippen LogP contribution in [0.25, 0.3) is 0 Å². The van der Waals surface area contributed by atoms with Gasteiger partial charge in [0.25, 0.3) is 0 Å². The van der Waals surface area contributed by atoms with Gasteiger partial charge in [-0.3, -0.25) is 4.79 Å². The van der Waals surface area contributed by atoms with Gasteiger partial charge in [-0.05, 0) is 71.1 Å². The van der Waals surface area contributed by atoms with Crippen molar-refractivity contribution in [3.05, 3.63) is 59.7 Å². The molecule has 2 aromatic carbocycles. The number of hydrogen-bond donors (Lipinski definition) is 2. The van der Waals surface area contributed by atoms with Crippen molar-refractivity contribution < 1.29 is 36.3 Å². The van der Waals surface area contributed by atoms with Crippen molar-refractivity contribution >= 4 is 31.7 Å². The molecule has 2 N–H and O–H groups in total. The summed E-state index contributed by atoms with van der Waals surface area (Å²) in [5.74, 6) is -2.63. The summed E-state index contributed by atoms with van der Waals surface area (Å²) in [6.07, 6.45) is 0.734. The second-order valence-electron chi connectivity index (χ2n) is 10.7. The lowest BCUT2D eigenvalue weighted by molar-refractivity contribution is -0.142. The monoisotopic (exact) mass is 595 g/mol. The number of carbonyl (C=O) groups excluding carboxylic acids is 1. The van der Waals surface area contributed by atoms with Gasteiger partial charge in [-0.2, -0.15) is 4.31 Å². The summed E-state index contributed by atoms with van der Waals surface area (Å²) in [6, 6.07) is 9.48. The van der Waals surface area contributed by atoms with Gasteiger partial charge in [0.15, 0.2) is 9.84 Å². The van der Waals surface area contributed by atoms with Crippen LogP contribution in [0.1, 0.15) is 31.4 Å². The molecule has 1 amide bonds. The molecule has 0 unspecified atom stereocenters. The van der Waals surface area contributed by atoms with Crippen molar-refractivity contribution in [1.82, 2.24) is 14.5 Å². The molecule has 3 rings (SSSR count). The molecule has 1 aliphatic heterocycles. The maximum Gasteiger partial charge on any atom is 0.326 e. The predicted molar refractivity (Wildman–Crippen MR) is 150 cm³/mol. The maximum atomic E-state index is 13.5. The highest BCUT2D eigenvalue weighted by Crippen LogP contribution is 2.38. The van der Waals surface area contributed by atoms with E-state index in [1.165, 1.54) is 26.0 Å². The molecule has 0 bridgehead atoms. The standard InChI is InChI=1S/C27H37N3O8S2/c1-19-7-13-22(14-8-19)40(36,37)30-18-39(34,35)27(2,3)24(30)25(31)28-23(26(32)33)17-20-9-11-21(12-10-20)38-16-6-15-29(4)5/h7-14,23-24H,6,15-18H2,1-5H3,(H,28,31)(H,32,33)/t23-,24-/m0/s1. The number of ether oxygens (including phenoxy) is 1. The fourth-order valence-corrected chi connectivity index (χ4v) is 8.22. The number of nitrogens with one attached hydrogen (secondary N) is 1. The average Bonchev–Trinajstić information content (AvgIpc) is 3.06. The van der Waals surface area contributed by atoms with Gasteiger partial charge in [0.1, 0.15) is 23.7 Å². The van der Waals surface area contributed by atoms with Crippen molar-refractivity contribution in [3.63, 3.8) is 0 Å². The van der Waals surface area contributed by atoms with E-state index in [0.717, 1.165) is 18.5 Å². The Balaban J connectivity index is 1.80. The molecule has 0 radical (unpaired) electrons. The predicted octanol–water partition coefficient (Wildman–Crippen LogP) is 1.66. The van der Waals surface area contributed by atoms with Crippen LogP contribution in [-0.4, -0.2) is 93.0 Å². The number of carbonyl (C=O) groups is 2. The minimum absolute atomic E-state index is 0.105. The van der Waals surface area contributed by atoms with Crippen LogP contribution < -0.4 is 10.1 Å². The molecule has 0 spiro atoms. The van der Waals surface area contributed by atoms with E-state index in [2.05, 4.69) is 5.32 Å². The highest BCUT2D eigenvalue weighted by molar-refractivity contribution is 7.95. The first-order valence-corrected chi connectivity index (χ1v) is 15.9. The first-order valence-electron chi connectivity index (χ1n) is 12.8. The lowest BCUT2D eigenvalue weighted by atomic mass is 10.0. The fourth-order valence-electron chi connectivity index (χ4n) is 4.40. The Kier molecular flexibility index (Phi) is 9.66. The third kappa shape index (κ3) is 7.00. The topological polar surface area (TPSA) is 150 Å². The molecule has 1 aliphatic rings. The Hall–Kier alpha value is -3.00. The van der Waals surface area contributed by atoms with Crippen LogP contribution in [0.5, 0.6) is 5.75 Å². The van der Waals surface area contributed by atoms with Gasteiger partial charge in [-0.1, -0.05) is 29.8 Å². The Morgan fingerprint density at radius 3 is 2.27 bits per heavy atom. The highest BCUT2D eigenvalue weighted by atomic mass is 32.2. The second-order valence-corrected chi connectivity index (χ2v) is 15.1. The second kappa shape index (κ2) is 12.2. The molecule has 220 valence electrons. The van der Waals surface area contributed by atoms with Crippen LogP contribution >= 0.6 is 0 Å². The Morgan fingerprint density at radius 1 is 1.12 bits per heavy atom. The van der Waals surface area contributed by atoms with E-state index in [1.807, 2.05) is 19.0 Å². The van der Waals surface area contributed by atoms with Gasteiger partial charge in [-0.25, -0.2) is 21.6 Å². The number of sulfone groups is 1. The first-order chi connectivity index (χ1) is 18.6. The number of benzene rings is 2. The Labute approximate surface area is 236 Å². The molecular formula is C27H37N3O8S2. The van der Waals surface area contributed by atoms with E-state index < -0.39 is 54.4 Å². The quantitative estimate of drug-likeness (QED) is 0.349. The lowest BCUT2D eigenvalue weighted by Crippen LogP contribution is -2.57. The van der Waals surface area contributed by atoms with E-state index in [1.54, 1.807) is 43.3 Å². The molecule has 0 aromatic heterocycles. The minimum Gasteiger partial charge on any atom is -0.494 e. The first kappa shape index (κ1) is 31.5. The summed E-state index contributed by atoms with van der Waals surface area (Å²) < 4.78 is 57.4. The number of aliphatic carboxylic acids is 1. The largest absolute Gasteiger partial charge is 0.494 e. The summed E-state index contributed by atoms with van der Waals surface area (Å²) in [5, 5.41) is 12.2. The van der Waals surface area contributed by atoms with E-state index in [0.29, 0.717) is 22.2 Å². The van der Waals surface area contributed by atoms with Crippen LogP contribution in [0.4, 0.5) is 0 Å². The molecular weight excluding hydrogens is 558 g/mol. The SMILES string of the molecule is Cc1ccc(S(=O)(=O)N2CS(=O)(=O)C(C)(C)[C@@H]2C(=O)N[C@@H](Cc2ccc(OCCCN(C)C)cc2)C(=O)O)cc1. The number of nitrogens with zero attached hydrogens (tertiary/aromatic N) is 2. The normalized spacial score (nSPS) is 19.3. The fraction of sp³-hybridized carbons (Fsp3) is 0.481. The maximum absolute atomic E-state index is 13.5. The van der Waals surface area contributed by atoms with Gasteiger partial charge in [0, 0.05) is 13.0 Å². The summed E-state index contributed by atoms with van der Waals surface area (Å²) in [5.41, 5.74) is 1.40. The molecule has 1 heterocycles. The van der Waals surface area contributed by atoms with E-state index >= 15 is 0 Å². The van der Waals surface area contributed by atoms with Crippen LogP contribution in [0.15, 0.2) is 53.4 Å². The van der Waals surface area contributed by atoms with Crippen molar-refractivity contribution in [2.24, 2.45) is 0 Å². The number of aryl methyl sites for hydroxylation is 1. The van der Waals surface area contributed by atoms with Gasteiger partial charge in [0.2, 0.25) is 15.9 Å². The number of rotatable bonds is 12. The number of carboxylic acid groups (broad SMARTS) is 1. The van der Waals surface area contributed by atoms with E-state index in [4.69, 9.17) is 4.74 Å². The number of carboxylic acids is 1. The molecule has 1 saturated heterocycles. The molecule has 1 fully saturated rings. The summed E-state index contributed by atoms with van der Waals surface area (Å²) in [6.45, 7) is 5.71. The summed E-state index contributed by atoms with van der Waals surface area (Å²) in [4.78, 5) is 27.4. The number of sulfonamides is 1. The highest BCUT2D eigenvalue weighted by Gasteiger charge is 2.59. The van der Waals surface area contributed by atoms with Gasteiger partial charge in [-0.15, -0.1) is 0 Å². The molecule has 2 atom stereocenters. The van der Waals surface area contributed by atoms with Crippen molar-refractivity contribution in [2.75, 3.05) is 33.1 Å². The number of hydrogen-bond acceptors (Lipinski definition) is 8. The third-order valence-corrected chi connectivity index (χ3v) is 11.4. The Bertz CT molecular complexity index is 1420. The number of amides is 1. The summed E-state index contributed by atoms with van der Waals surface area (Å²) >= 11 is 0. The Morgan fingerprint density at radius 2 is 1.73 bits per heavy atom. The van der Waals surface area contributed by atoms with Crippen molar-refractivity contribution in [2.45, 2.75) is 55.3 Å². The van der Waals surface area contributed by atoms with Crippen LogP contribution in [0, 0.1) is 6.92 Å².